The molecule has 5 nitrogen and oxygen atoms in total. The number of benzene rings is 2. The fourth-order valence-electron chi connectivity index (χ4n) is 4.30. The number of likely N-dealkylation sites (tertiary alicyclic amines) is 1. The van der Waals surface area contributed by atoms with Gasteiger partial charge in [0.25, 0.3) is 0 Å². The van der Waals surface area contributed by atoms with Crippen molar-refractivity contribution in [2.75, 3.05) is 25.0 Å². The summed E-state index contributed by atoms with van der Waals surface area (Å²) in [6.07, 6.45) is 2.80. The Morgan fingerprint density at radius 2 is 1.92 bits per heavy atom. The highest BCUT2D eigenvalue weighted by Crippen LogP contribution is 2.43. The van der Waals surface area contributed by atoms with E-state index in [1.807, 2.05) is 42.7 Å². The zero-order valence-corrected chi connectivity index (χ0v) is 14.0. The van der Waals surface area contributed by atoms with E-state index in [0.29, 0.717) is 0 Å². The van der Waals surface area contributed by atoms with Crippen LogP contribution >= 0.6 is 0 Å². The van der Waals surface area contributed by atoms with Crippen molar-refractivity contribution in [2.24, 2.45) is 0 Å². The number of amides is 1. The molecule has 1 N–H and O–H groups in total. The topological polar surface area (TPSA) is 50.2 Å². The van der Waals surface area contributed by atoms with E-state index in [2.05, 4.69) is 31.9 Å². The number of aromatic nitrogens is 2. The molecule has 2 aliphatic heterocycles. The van der Waals surface area contributed by atoms with Gasteiger partial charge in [-0.1, -0.05) is 30.3 Å². The summed E-state index contributed by atoms with van der Waals surface area (Å²) in [6.45, 7) is 3.56. The zero-order valence-electron chi connectivity index (χ0n) is 14.0. The minimum atomic E-state index is -0.367. The van der Waals surface area contributed by atoms with E-state index in [0.717, 1.165) is 49.4 Å². The predicted octanol–water partition coefficient (Wildman–Crippen LogP) is 2.63. The smallest absolute Gasteiger partial charge is 0.236 e. The molecule has 2 aromatic carbocycles. The van der Waals surface area contributed by atoms with Crippen LogP contribution in [0.5, 0.6) is 0 Å². The lowest BCUT2D eigenvalue weighted by atomic mass is 9.81. The number of anilines is 1. The predicted molar refractivity (Wildman–Crippen MR) is 97.5 cm³/mol. The third kappa shape index (κ3) is 2.19. The zero-order chi connectivity index (χ0) is 16.9. The van der Waals surface area contributed by atoms with Crippen LogP contribution in [0.3, 0.4) is 0 Å². The van der Waals surface area contributed by atoms with Gasteiger partial charge in [-0.05, 0) is 36.7 Å². The van der Waals surface area contributed by atoms with Crippen molar-refractivity contribution in [3.8, 4) is 0 Å². The van der Waals surface area contributed by atoms with Crippen molar-refractivity contribution in [3.05, 3.63) is 60.4 Å². The molecule has 5 rings (SSSR count). The molecule has 1 fully saturated rings. The van der Waals surface area contributed by atoms with E-state index in [9.17, 15) is 4.79 Å². The summed E-state index contributed by atoms with van der Waals surface area (Å²) in [5.74, 6) is 0.157. The normalized spacial score (nSPS) is 22.6. The fraction of sp³-hybridized carbons (Fsp3) is 0.300. The molecule has 1 spiro atoms. The van der Waals surface area contributed by atoms with Gasteiger partial charge in [0, 0.05) is 25.3 Å². The Labute approximate surface area is 146 Å². The molecule has 0 bridgehead atoms. The number of carbonyl (C=O) groups is 1. The lowest BCUT2D eigenvalue weighted by molar-refractivity contribution is -0.120. The number of rotatable bonds is 3. The lowest BCUT2D eigenvalue weighted by Gasteiger charge is -2.22. The standard InChI is InChI=1S/C20H20N4O/c25-19-20(15-5-1-2-6-16(15)22-19)9-10-23(13-20)11-12-24-14-21-17-7-3-4-8-18(17)24/h1-8,14H,9-13H2,(H,22,25). The number of para-hydroxylation sites is 3. The Balaban J connectivity index is 1.34. The fourth-order valence-corrected chi connectivity index (χ4v) is 4.30. The summed E-state index contributed by atoms with van der Waals surface area (Å²) in [6, 6.07) is 16.3. The van der Waals surface area contributed by atoms with E-state index in [-0.39, 0.29) is 11.3 Å². The van der Waals surface area contributed by atoms with Crippen molar-refractivity contribution in [1.82, 2.24) is 14.5 Å². The van der Waals surface area contributed by atoms with Crippen molar-refractivity contribution in [3.63, 3.8) is 0 Å². The van der Waals surface area contributed by atoms with E-state index in [1.165, 1.54) is 5.52 Å². The van der Waals surface area contributed by atoms with Crippen LogP contribution < -0.4 is 5.32 Å². The van der Waals surface area contributed by atoms with E-state index in [1.54, 1.807) is 0 Å². The molecule has 0 aliphatic carbocycles. The maximum atomic E-state index is 12.7. The summed E-state index contributed by atoms with van der Waals surface area (Å²) in [5, 5.41) is 3.06. The second-order valence-corrected chi connectivity index (χ2v) is 7.03. The second-order valence-electron chi connectivity index (χ2n) is 7.03. The number of imidazole rings is 1. The van der Waals surface area contributed by atoms with Gasteiger partial charge in [-0.3, -0.25) is 4.79 Å². The monoisotopic (exact) mass is 332 g/mol. The number of hydrogen-bond acceptors (Lipinski definition) is 3. The Morgan fingerprint density at radius 3 is 2.88 bits per heavy atom. The van der Waals surface area contributed by atoms with E-state index >= 15 is 0 Å². The first kappa shape index (κ1) is 14.7. The third-order valence-corrected chi connectivity index (χ3v) is 5.66. The van der Waals surface area contributed by atoms with Crippen LogP contribution in [0.25, 0.3) is 11.0 Å². The largest absolute Gasteiger partial charge is 0.329 e. The molecular formula is C20H20N4O. The van der Waals surface area contributed by atoms with Crippen molar-refractivity contribution in [1.29, 1.82) is 0 Å². The molecule has 1 atom stereocenters. The lowest BCUT2D eigenvalue weighted by Crippen LogP contribution is -2.38. The Bertz CT molecular complexity index is 963. The van der Waals surface area contributed by atoms with Crippen molar-refractivity contribution >= 4 is 22.6 Å². The third-order valence-electron chi connectivity index (χ3n) is 5.66. The molecule has 1 unspecified atom stereocenters. The van der Waals surface area contributed by atoms with Crippen LogP contribution in [-0.2, 0) is 16.8 Å². The minimum Gasteiger partial charge on any atom is -0.329 e. The van der Waals surface area contributed by atoms with Gasteiger partial charge in [-0.25, -0.2) is 4.98 Å². The summed E-state index contributed by atoms with van der Waals surface area (Å²) < 4.78 is 2.20. The first-order valence-electron chi connectivity index (χ1n) is 8.79. The SMILES string of the molecule is O=C1Nc2ccccc2C12CCN(CCn1cnc3ccccc31)C2. The number of fused-ring (bicyclic) bond motifs is 3. The number of nitrogens with one attached hydrogen (secondary N) is 1. The van der Waals surface area contributed by atoms with Crippen LogP contribution in [0.15, 0.2) is 54.9 Å². The number of nitrogens with zero attached hydrogens (tertiary/aromatic N) is 3. The molecule has 2 aliphatic rings. The molecule has 3 aromatic rings. The minimum absolute atomic E-state index is 0.157. The molecule has 0 saturated carbocycles. The van der Waals surface area contributed by atoms with Crippen LogP contribution in [0.4, 0.5) is 5.69 Å². The van der Waals surface area contributed by atoms with Crippen LogP contribution in [-0.4, -0.2) is 40.0 Å². The molecule has 5 heteroatoms. The maximum Gasteiger partial charge on any atom is 0.236 e. The van der Waals surface area contributed by atoms with Gasteiger partial charge in [0.2, 0.25) is 5.91 Å². The first-order chi connectivity index (χ1) is 12.3. The summed E-state index contributed by atoms with van der Waals surface area (Å²) in [4.78, 5) is 19.5. The first-order valence-corrected chi connectivity index (χ1v) is 8.79. The van der Waals surface area contributed by atoms with Crippen molar-refractivity contribution < 1.29 is 4.79 Å². The molecular weight excluding hydrogens is 312 g/mol. The molecule has 25 heavy (non-hydrogen) atoms. The molecule has 3 heterocycles. The van der Waals surface area contributed by atoms with Gasteiger partial charge in [-0.15, -0.1) is 0 Å². The second kappa shape index (κ2) is 5.43. The van der Waals surface area contributed by atoms with Gasteiger partial charge in [0.15, 0.2) is 0 Å². The maximum absolute atomic E-state index is 12.7. The highest BCUT2D eigenvalue weighted by Gasteiger charge is 2.50. The average molecular weight is 332 g/mol. The van der Waals surface area contributed by atoms with Crippen LogP contribution in [0.2, 0.25) is 0 Å². The molecule has 1 amide bonds. The molecule has 126 valence electrons. The van der Waals surface area contributed by atoms with Gasteiger partial charge >= 0.3 is 0 Å². The van der Waals surface area contributed by atoms with E-state index < -0.39 is 0 Å². The van der Waals surface area contributed by atoms with Crippen molar-refractivity contribution in [2.45, 2.75) is 18.4 Å². The highest BCUT2D eigenvalue weighted by atomic mass is 16.2. The van der Waals surface area contributed by atoms with Crippen LogP contribution in [0.1, 0.15) is 12.0 Å². The summed E-state index contributed by atoms with van der Waals surface area (Å²) >= 11 is 0. The van der Waals surface area contributed by atoms with E-state index in [4.69, 9.17) is 0 Å². The Morgan fingerprint density at radius 1 is 1.08 bits per heavy atom. The average Bonchev–Trinajstić information content (AvgIpc) is 3.32. The van der Waals surface area contributed by atoms with Gasteiger partial charge < -0.3 is 14.8 Å². The number of hydrogen-bond donors (Lipinski definition) is 1. The number of carbonyl (C=O) groups excluding carboxylic acids is 1. The molecule has 1 saturated heterocycles. The van der Waals surface area contributed by atoms with Crippen LogP contribution in [0, 0.1) is 0 Å². The quantitative estimate of drug-likeness (QED) is 0.802. The van der Waals surface area contributed by atoms with Gasteiger partial charge in [-0.2, -0.15) is 0 Å². The van der Waals surface area contributed by atoms with Gasteiger partial charge in [0.05, 0.1) is 22.8 Å². The molecule has 0 radical (unpaired) electrons. The Hall–Kier alpha value is -2.66. The Kier molecular flexibility index (Phi) is 3.18. The highest BCUT2D eigenvalue weighted by molar-refractivity contribution is 6.06. The summed E-state index contributed by atoms with van der Waals surface area (Å²) in [5.41, 5.74) is 3.98. The molecule has 1 aromatic heterocycles. The summed E-state index contributed by atoms with van der Waals surface area (Å²) in [7, 11) is 0. The van der Waals surface area contributed by atoms with Gasteiger partial charge in [0.1, 0.15) is 0 Å².